The number of para-hydroxylation sites is 2. The van der Waals surface area contributed by atoms with Crippen molar-refractivity contribution in [1.29, 1.82) is 0 Å². The van der Waals surface area contributed by atoms with Crippen LogP contribution in [0.2, 0.25) is 0 Å². The summed E-state index contributed by atoms with van der Waals surface area (Å²) in [5.74, 6) is 0. The highest BCUT2D eigenvalue weighted by Crippen LogP contribution is 2.40. The highest BCUT2D eigenvalue weighted by atomic mass is 15.0. The Labute approximate surface area is 319 Å². The quantitative estimate of drug-likeness (QED) is 0.158. The summed E-state index contributed by atoms with van der Waals surface area (Å²) in [6.45, 7) is 8.03. The number of pyridine rings is 1. The molecule has 2 heterocycles. The molecule has 0 aliphatic carbocycles. The summed E-state index contributed by atoms with van der Waals surface area (Å²) >= 11 is 0. The molecule has 0 saturated carbocycles. The van der Waals surface area contributed by atoms with E-state index in [9.17, 15) is 0 Å². The maximum Gasteiger partial charge on any atom is 0.194 e. The molecule has 0 bridgehead atoms. The van der Waals surface area contributed by atoms with E-state index < -0.39 is 0 Å². The molecule has 0 amide bonds. The van der Waals surface area contributed by atoms with Gasteiger partial charge in [0.2, 0.25) is 0 Å². The minimum atomic E-state index is 0.616. The lowest BCUT2D eigenvalue weighted by atomic mass is 9.97. The van der Waals surface area contributed by atoms with Crippen LogP contribution in [0.4, 0.5) is 5.69 Å². The first kappa shape index (κ1) is 32.1. The van der Waals surface area contributed by atoms with Crippen molar-refractivity contribution in [2.24, 2.45) is 0 Å². The van der Waals surface area contributed by atoms with Crippen LogP contribution in [0.15, 0.2) is 200 Å². The molecule has 256 valence electrons. The topological polar surface area (TPSA) is 22.2 Å². The van der Waals surface area contributed by atoms with E-state index >= 15 is 0 Å². The van der Waals surface area contributed by atoms with E-state index in [1.165, 1.54) is 32.7 Å². The van der Waals surface area contributed by atoms with Gasteiger partial charge in [0.1, 0.15) is 0 Å². The molecule has 0 atom stereocenters. The van der Waals surface area contributed by atoms with E-state index in [4.69, 9.17) is 11.6 Å². The summed E-state index contributed by atoms with van der Waals surface area (Å²) in [6, 6.07) is 70.3. The van der Waals surface area contributed by atoms with Crippen molar-refractivity contribution in [3.8, 4) is 61.6 Å². The lowest BCUT2D eigenvalue weighted by Crippen LogP contribution is -1.97. The molecule has 0 N–H and O–H groups in total. The van der Waals surface area contributed by atoms with Crippen molar-refractivity contribution in [2.45, 2.75) is 0 Å². The second-order valence-electron chi connectivity index (χ2n) is 13.9. The molecule has 55 heavy (non-hydrogen) atoms. The molecule has 0 saturated heterocycles. The fraction of sp³-hybridized carbons (Fsp3) is 0. The molecule has 0 fully saturated rings. The molecule has 2 aromatic heterocycles. The van der Waals surface area contributed by atoms with Gasteiger partial charge in [-0.3, -0.25) is 0 Å². The van der Waals surface area contributed by atoms with Crippen molar-refractivity contribution in [3.05, 3.63) is 212 Å². The zero-order chi connectivity index (χ0) is 36.7. The highest BCUT2D eigenvalue weighted by molar-refractivity contribution is 6.11. The van der Waals surface area contributed by atoms with Gasteiger partial charge in [0.05, 0.1) is 29.0 Å². The fourth-order valence-corrected chi connectivity index (χ4v) is 8.00. The molecular formula is C52H33N3. The van der Waals surface area contributed by atoms with Crippen molar-refractivity contribution in [1.82, 2.24) is 9.55 Å². The molecule has 3 heteroatoms. The monoisotopic (exact) mass is 699 g/mol. The second kappa shape index (κ2) is 13.5. The van der Waals surface area contributed by atoms with Crippen LogP contribution in [0.25, 0.3) is 99.0 Å². The van der Waals surface area contributed by atoms with Crippen LogP contribution < -0.4 is 0 Å². The molecule has 0 aliphatic rings. The third-order valence-electron chi connectivity index (χ3n) is 10.6. The Kier molecular flexibility index (Phi) is 7.86. The Morgan fingerprint density at radius 3 is 1.89 bits per heavy atom. The highest BCUT2D eigenvalue weighted by Gasteiger charge is 2.17. The number of hydrogen-bond donors (Lipinski definition) is 0. The lowest BCUT2D eigenvalue weighted by Gasteiger charge is -2.15. The predicted octanol–water partition coefficient (Wildman–Crippen LogP) is 14.2. The number of benzene rings is 8. The minimum Gasteiger partial charge on any atom is -0.309 e. The Morgan fingerprint density at radius 2 is 1.00 bits per heavy atom. The number of hydrogen-bond acceptors (Lipinski definition) is 1. The van der Waals surface area contributed by atoms with Crippen molar-refractivity contribution in [2.75, 3.05) is 0 Å². The first-order chi connectivity index (χ1) is 27.2. The third-order valence-corrected chi connectivity index (χ3v) is 10.6. The van der Waals surface area contributed by atoms with Crippen LogP contribution in [0, 0.1) is 6.57 Å². The molecule has 8 aromatic carbocycles. The molecule has 3 nitrogen and oxygen atoms in total. The van der Waals surface area contributed by atoms with E-state index in [1.807, 2.05) is 30.3 Å². The van der Waals surface area contributed by atoms with E-state index in [0.29, 0.717) is 5.69 Å². The van der Waals surface area contributed by atoms with Crippen LogP contribution in [0.3, 0.4) is 0 Å². The summed E-state index contributed by atoms with van der Waals surface area (Å²) in [5.41, 5.74) is 14.2. The Morgan fingerprint density at radius 1 is 0.382 bits per heavy atom. The summed E-state index contributed by atoms with van der Waals surface area (Å²) in [5, 5.41) is 4.82. The largest absolute Gasteiger partial charge is 0.309 e. The van der Waals surface area contributed by atoms with Gasteiger partial charge in [-0.2, -0.15) is 0 Å². The molecule has 0 radical (unpaired) electrons. The van der Waals surface area contributed by atoms with Crippen LogP contribution in [-0.2, 0) is 0 Å². The fourth-order valence-electron chi connectivity index (χ4n) is 8.00. The Bertz CT molecular complexity index is 3100. The normalized spacial score (nSPS) is 11.3. The van der Waals surface area contributed by atoms with Crippen LogP contribution in [0.5, 0.6) is 0 Å². The molecular weight excluding hydrogens is 667 g/mol. The Hall–Kier alpha value is -7.54. The zero-order valence-electron chi connectivity index (χ0n) is 29.9. The number of nitrogens with zero attached hydrogens (tertiary/aromatic N) is 3. The predicted molar refractivity (Wildman–Crippen MR) is 230 cm³/mol. The van der Waals surface area contributed by atoms with E-state index in [0.717, 1.165) is 61.5 Å². The second-order valence-corrected chi connectivity index (χ2v) is 13.9. The van der Waals surface area contributed by atoms with Crippen LogP contribution in [0.1, 0.15) is 0 Å². The first-order valence-electron chi connectivity index (χ1n) is 18.5. The third kappa shape index (κ3) is 5.74. The van der Waals surface area contributed by atoms with Gasteiger partial charge < -0.3 is 4.57 Å². The van der Waals surface area contributed by atoms with Crippen molar-refractivity contribution < 1.29 is 0 Å². The van der Waals surface area contributed by atoms with Gasteiger partial charge >= 0.3 is 0 Å². The average molecular weight is 700 g/mol. The number of fused-ring (bicyclic) bond motifs is 4. The summed E-state index contributed by atoms with van der Waals surface area (Å²) in [6.07, 6.45) is 0. The lowest BCUT2D eigenvalue weighted by molar-refractivity contribution is 1.18. The van der Waals surface area contributed by atoms with Gasteiger partial charge in [0.15, 0.2) is 5.69 Å². The van der Waals surface area contributed by atoms with Crippen molar-refractivity contribution in [3.63, 3.8) is 0 Å². The molecule has 10 rings (SSSR count). The maximum atomic E-state index is 8.03. The molecule has 0 unspecified atom stereocenters. The smallest absolute Gasteiger partial charge is 0.194 e. The van der Waals surface area contributed by atoms with Gasteiger partial charge in [-0.25, -0.2) is 9.83 Å². The maximum absolute atomic E-state index is 8.03. The van der Waals surface area contributed by atoms with Gasteiger partial charge in [0, 0.05) is 27.6 Å². The standard InChI is InChI=1S/C52H33N3/c1-53-50-24-9-7-21-45(50)40-31-41(49-26-13-25-48(54-49)39-19-11-18-37(30-39)35-14-3-2-4-15-35)33-42(32-40)55-51-27-10-8-22-46(51)47-29-28-38(34-52(47)55)44-23-12-17-36-16-5-6-20-43(36)44/h2-34H. The van der Waals surface area contributed by atoms with Gasteiger partial charge in [0.25, 0.3) is 0 Å². The van der Waals surface area contributed by atoms with Crippen LogP contribution in [-0.4, -0.2) is 9.55 Å². The van der Waals surface area contributed by atoms with Gasteiger partial charge in [-0.15, -0.1) is 0 Å². The van der Waals surface area contributed by atoms with E-state index in [2.05, 4.69) is 179 Å². The number of rotatable bonds is 6. The zero-order valence-corrected chi connectivity index (χ0v) is 29.9. The van der Waals surface area contributed by atoms with Crippen molar-refractivity contribution >= 4 is 38.3 Å². The van der Waals surface area contributed by atoms with Crippen LogP contribution >= 0.6 is 0 Å². The minimum absolute atomic E-state index is 0.616. The van der Waals surface area contributed by atoms with Gasteiger partial charge in [-0.1, -0.05) is 152 Å². The Balaban J connectivity index is 1.19. The molecule has 10 aromatic rings. The SMILES string of the molecule is [C-]#[N+]c1ccccc1-c1cc(-c2cccc(-c3cccc(-c4ccccc4)c3)n2)cc(-n2c3ccccc3c3ccc(-c4cccc5ccccc45)cc32)c1. The molecule has 0 spiro atoms. The molecule has 0 aliphatic heterocycles. The van der Waals surface area contributed by atoms with Gasteiger partial charge in [-0.05, 0) is 92.7 Å². The summed E-state index contributed by atoms with van der Waals surface area (Å²) < 4.78 is 2.37. The number of aromatic nitrogens is 2. The summed E-state index contributed by atoms with van der Waals surface area (Å²) in [4.78, 5) is 9.21. The average Bonchev–Trinajstić information content (AvgIpc) is 3.60. The first-order valence-corrected chi connectivity index (χ1v) is 18.5. The summed E-state index contributed by atoms with van der Waals surface area (Å²) in [7, 11) is 0. The van der Waals surface area contributed by atoms with E-state index in [-0.39, 0.29) is 0 Å². The van der Waals surface area contributed by atoms with E-state index in [1.54, 1.807) is 0 Å².